The van der Waals surface area contributed by atoms with Crippen molar-refractivity contribution < 1.29 is 14.3 Å². The van der Waals surface area contributed by atoms with E-state index in [4.69, 9.17) is 15.2 Å². The number of nitrogens with two attached hydrogens (primary N) is 1. The Labute approximate surface area is 195 Å². The highest BCUT2D eigenvalue weighted by Crippen LogP contribution is 2.20. The number of anilines is 2. The van der Waals surface area contributed by atoms with Gasteiger partial charge in [-0.1, -0.05) is 42.5 Å². The molecule has 3 N–H and O–H groups in total. The van der Waals surface area contributed by atoms with Gasteiger partial charge in [0.2, 0.25) is 0 Å². The number of nitrogen functional groups attached to an aromatic ring is 1. The number of aromatic amines is 1. The minimum absolute atomic E-state index is 0.104. The molecule has 0 atom stereocenters. The van der Waals surface area contributed by atoms with Crippen LogP contribution < -0.4 is 26.6 Å². The monoisotopic (exact) mass is 463 g/mol. The number of H-pyrrole nitrogens is 1. The summed E-state index contributed by atoms with van der Waals surface area (Å²) in [5.41, 5.74) is 5.72. The van der Waals surface area contributed by atoms with Crippen molar-refractivity contribution in [1.82, 2.24) is 9.55 Å². The number of para-hydroxylation sites is 1. The van der Waals surface area contributed by atoms with Crippen LogP contribution in [0.15, 0.2) is 64.2 Å². The lowest BCUT2D eigenvalue weighted by atomic mass is 10.2. The first-order chi connectivity index (χ1) is 16.5. The molecule has 0 radical (unpaired) electrons. The first-order valence-electron chi connectivity index (χ1n) is 10.5. The number of nitrogens with one attached hydrogen (secondary N) is 1. The van der Waals surface area contributed by atoms with E-state index in [-0.39, 0.29) is 35.9 Å². The van der Waals surface area contributed by atoms with Crippen molar-refractivity contribution in [1.29, 1.82) is 5.26 Å². The predicted octanol–water partition coefficient (Wildman–Crippen LogP) is 1.49. The third-order valence-corrected chi connectivity index (χ3v) is 5.06. The minimum atomic E-state index is -0.782. The van der Waals surface area contributed by atoms with Crippen LogP contribution >= 0.6 is 0 Å². The summed E-state index contributed by atoms with van der Waals surface area (Å²) in [5.74, 6) is -0.460. The van der Waals surface area contributed by atoms with Crippen molar-refractivity contribution in [3.63, 3.8) is 0 Å². The number of carbonyl (C=O) groups is 1. The zero-order valence-corrected chi connectivity index (χ0v) is 18.7. The van der Waals surface area contributed by atoms with Gasteiger partial charge in [-0.15, -0.1) is 0 Å². The van der Waals surface area contributed by atoms with Crippen LogP contribution in [0.1, 0.15) is 17.5 Å². The van der Waals surface area contributed by atoms with E-state index in [1.165, 1.54) is 16.6 Å². The molecule has 1 aromatic heterocycles. The number of methoxy groups -OCH3 is 1. The van der Waals surface area contributed by atoms with E-state index < -0.39 is 23.8 Å². The van der Waals surface area contributed by atoms with E-state index >= 15 is 0 Å². The fourth-order valence-electron chi connectivity index (χ4n) is 3.39. The Kier molecular flexibility index (Phi) is 8.21. The summed E-state index contributed by atoms with van der Waals surface area (Å²) in [5, 5.41) is 9.23. The lowest BCUT2D eigenvalue weighted by molar-refractivity contribution is -0.120. The Bertz CT molecular complexity index is 1290. The summed E-state index contributed by atoms with van der Waals surface area (Å²) in [6.07, 6.45) is 0.410. The molecule has 0 aliphatic rings. The Morgan fingerprint density at radius 1 is 1.15 bits per heavy atom. The summed E-state index contributed by atoms with van der Waals surface area (Å²) >= 11 is 0. The molecule has 0 spiro atoms. The number of aromatic nitrogens is 2. The summed E-state index contributed by atoms with van der Waals surface area (Å²) in [6.45, 7) is 0.111. The number of amides is 1. The van der Waals surface area contributed by atoms with Crippen molar-refractivity contribution in [3.8, 4) is 11.8 Å². The van der Waals surface area contributed by atoms with Crippen LogP contribution in [0, 0.1) is 11.3 Å². The quantitative estimate of drug-likeness (QED) is 0.434. The van der Waals surface area contributed by atoms with Crippen LogP contribution in [0.25, 0.3) is 0 Å². The maximum Gasteiger partial charge on any atom is 0.330 e. The normalized spacial score (nSPS) is 10.5. The molecular formula is C24H25N5O5. The molecule has 0 fully saturated rings. The van der Waals surface area contributed by atoms with Gasteiger partial charge in [0, 0.05) is 20.3 Å². The Balaban J connectivity index is 1.95. The van der Waals surface area contributed by atoms with Crippen molar-refractivity contribution >= 4 is 17.4 Å². The van der Waals surface area contributed by atoms with Gasteiger partial charge < -0.3 is 20.1 Å². The van der Waals surface area contributed by atoms with Crippen LogP contribution in [-0.4, -0.2) is 42.3 Å². The van der Waals surface area contributed by atoms with Crippen LogP contribution in [0.3, 0.4) is 0 Å². The first kappa shape index (κ1) is 24.3. The topological polar surface area (TPSA) is 143 Å². The van der Waals surface area contributed by atoms with Gasteiger partial charge in [0.05, 0.1) is 12.1 Å². The summed E-state index contributed by atoms with van der Waals surface area (Å²) in [7, 11) is 1.52. The highest BCUT2D eigenvalue weighted by molar-refractivity contribution is 5.96. The van der Waals surface area contributed by atoms with Crippen molar-refractivity contribution in [2.75, 3.05) is 37.5 Å². The van der Waals surface area contributed by atoms with Crippen LogP contribution in [0.4, 0.5) is 11.5 Å². The first-order valence-corrected chi connectivity index (χ1v) is 10.5. The molecule has 1 amide bonds. The largest absolute Gasteiger partial charge is 0.482 e. The van der Waals surface area contributed by atoms with E-state index in [2.05, 4.69) is 4.98 Å². The number of nitrogens with zero attached hydrogens (tertiary/aromatic N) is 3. The second kappa shape index (κ2) is 11.5. The molecule has 176 valence electrons. The van der Waals surface area contributed by atoms with Gasteiger partial charge in [-0.05, 0) is 24.1 Å². The lowest BCUT2D eigenvalue weighted by Gasteiger charge is -2.24. The highest BCUT2D eigenvalue weighted by atomic mass is 16.5. The maximum atomic E-state index is 13.2. The standard InChI is InChI=1S/C24H25N5O5/c1-33-13-7-12-28(20(30)16-34-19-11-6-5-10-18(19)14-25)21-22(26)29(24(32)27-23(21)31)15-17-8-3-2-4-9-17/h2-6,8-11H,7,12-13,15-16,26H2,1H3,(H,27,31,32). The summed E-state index contributed by atoms with van der Waals surface area (Å²) in [6, 6.07) is 17.6. The number of ether oxygens (including phenoxy) is 2. The van der Waals surface area contributed by atoms with Gasteiger partial charge in [0.15, 0.2) is 12.3 Å². The Hall–Kier alpha value is -4.36. The van der Waals surface area contributed by atoms with Gasteiger partial charge in [-0.3, -0.25) is 19.1 Å². The SMILES string of the molecule is COCCCN(C(=O)COc1ccccc1C#N)c1c(N)n(Cc2ccccc2)c(=O)[nH]c1=O. The minimum Gasteiger partial charge on any atom is -0.482 e. The van der Waals surface area contributed by atoms with Crippen molar-refractivity contribution in [3.05, 3.63) is 86.6 Å². The highest BCUT2D eigenvalue weighted by Gasteiger charge is 2.25. The number of rotatable bonds is 10. The molecule has 10 heteroatoms. The van der Waals surface area contributed by atoms with Gasteiger partial charge >= 0.3 is 5.69 Å². The third-order valence-electron chi connectivity index (χ3n) is 5.06. The molecule has 3 aromatic rings. The van der Waals surface area contributed by atoms with Crippen LogP contribution in [0.5, 0.6) is 5.75 Å². The van der Waals surface area contributed by atoms with Crippen LogP contribution in [0.2, 0.25) is 0 Å². The lowest BCUT2D eigenvalue weighted by Crippen LogP contribution is -2.43. The number of benzene rings is 2. The average molecular weight is 463 g/mol. The molecule has 10 nitrogen and oxygen atoms in total. The van der Waals surface area contributed by atoms with Gasteiger partial charge in [0.1, 0.15) is 17.6 Å². The fraction of sp³-hybridized carbons (Fsp3) is 0.250. The molecule has 34 heavy (non-hydrogen) atoms. The second-order valence-corrected chi connectivity index (χ2v) is 7.35. The molecule has 0 bridgehead atoms. The van der Waals surface area contributed by atoms with Gasteiger partial charge in [0.25, 0.3) is 11.5 Å². The van der Waals surface area contributed by atoms with Gasteiger partial charge in [-0.2, -0.15) is 5.26 Å². The zero-order chi connectivity index (χ0) is 24.5. The van der Waals surface area contributed by atoms with E-state index in [1.807, 2.05) is 36.4 Å². The third kappa shape index (κ3) is 5.70. The second-order valence-electron chi connectivity index (χ2n) is 7.35. The van der Waals surface area contributed by atoms with Crippen molar-refractivity contribution in [2.24, 2.45) is 0 Å². The molecule has 0 aliphatic heterocycles. The number of carbonyl (C=O) groups excluding carboxylic acids is 1. The van der Waals surface area contributed by atoms with Gasteiger partial charge in [-0.25, -0.2) is 4.79 Å². The maximum absolute atomic E-state index is 13.2. The summed E-state index contributed by atoms with van der Waals surface area (Å²) < 4.78 is 11.8. The molecule has 0 saturated heterocycles. The van der Waals surface area contributed by atoms with Crippen molar-refractivity contribution in [2.45, 2.75) is 13.0 Å². The summed E-state index contributed by atoms with van der Waals surface area (Å²) in [4.78, 5) is 41.8. The smallest absolute Gasteiger partial charge is 0.330 e. The molecule has 0 unspecified atom stereocenters. The molecule has 0 aliphatic carbocycles. The molecule has 0 saturated carbocycles. The number of hydrogen-bond acceptors (Lipinski definition) is 7. The average Bonchev–Trinajstić information content (AvgIpc) is 2.85. The number of hydrogen-bond donors (Lipinski definition) is 2. The van der Waals surface area contributed by atoms with E-state index in [9.17, 15) is 19.6 Å². The predicted molar refractivity (Wildman–Crippen MR) is 127 cm³/mol. The van der Waals surface area contributed by atoms with Crippen LogP contribution in [-0.2, 0) is 16.1 Å². The Morgan fingerprint density at radius 3 is 2.56 bits per heavy atom. The Morgan fingerprint density at radius 2 is 1.85 bits per heavy atom. The molecule has 2 aromatic carbocycles. The van der Waals surface area contributed by atoms with E-state index in [1.54, 1.807) is 24.3 Å². The van der Waals surface area contributed by atoms with E-state index in [0.717, 1.165) is 5.56 Å². The molecule has 1 heterocycles. The molecule has 3 rings (SSSR count). The number of nitriles is 1. The van der Waals surface area contributed by atoms with E-state index in [0.29, 0.717) is 13.0 Å². The zero-order valence-electron chi connectivity index (χ0n) is 18.7. The fourth-order valence-corrected chi connectivity index (χ4v) is 3.39. The molecular weight excluding hydrogens is 438 g/mol.